The van der Waals surface area contributed by atoms with Crippen LogP contribution in [0, 0.1) is 28.3 Å². The molecule has 0 nitrogen and oxygen atoms in total. The minimum atomic E-state index is -2.61. The lowest BCUT2D eigenvalue weighted by Gasteiger charge is -2.48. The van der Waals surface area contributed by atoms with Gasteiger partial charge in [-0.25, -0.2) is 0 Å². The first-order chi connectivity index (χ1) is 18.0. The van der Waals surface area contributed by atoms with Gasteiger partial charge in [-0.3, -0.25) is 0 Å². The van der Waals surface area contributed by atoms with Crippen molar-refractivity contribution >= 4 is 18.8 Å². The molecule has 1 heterocycles. The summed E-state index contributed by atoms with van der Waals surface area (Å²) in [5.74, 6) is 7.17. The van der Waals surface area contributed by atoms with Crippen LogP contribution in [0.25, 0.3) is 10.8 Å². The minimum Gasteiger partial charge on any atom is -0.104 e. The molecule has 1 aliphatic heterocycles. The second kappa shape index (κ2) is 10.5. The molecule has 180 valence electrons. The molecule has 4 aromatic carbocycles. The molecule has 0 saturated heterocycles. The molecule has 1 aliphatic rings. The van der Waals surface area contributed by atoms with Crippen LogP contribution in [0.3, 0.4) is 0 Å². The third-order valence-electron chi connectivity index (χ3n) is 6.85. The Balaban J connectivity index is 1.81. The van der Waals surface area contributed by atoms with Crippen LogP contribution in [0.2, 0.25) is 5.54 Å². The summed E-state index contributed by atoms with van der Waals surface area (Å²) in [5.41, 5.74) is 14.3. The summed E-state index contributed by atoms with van der Waals surface area (Å²) in [6.45, 7) is 7.01. The van der Waals surface area contributed by atoms with Crippen molar-refractivity contribution in [1.29, 1.82) is 0 Å². The van der Waals surface area contributed by atoms with Crippen LogP contribution in [0.4, 0.5) is 0 Å². The fourth-order valence-electron chi connectivity index (χ4n) is 5.23. The van der Waals surface area contributed by atoms with Crippen molar-refractivity contribution in [3.05, 3.63) is 144 Å². The third-order valence-corrected chi connectivity index (χ3v) is 10.8. The van der Waals surface area contributed by atoms with Gasteiger partial charge >= 0.3 is 0 Å². The van der Waals surface area contributed by atoms with Crippen LogP contribution >= 0.6 is 0 Å². The maximum Gasteiger partial charge on any atom is 0.255 e. The van der Waals surface area contributed by atoms with Crippen LogP contribution in [0.1, 0.15) is 49.4 Å². The van der Waals surface area contributed by atoms with E-state index in [4.69, 9.17) is 0 Å². The highest BCUT2D eigenvalue weighted by molar-refractivity contribution is 7.15. The van der Waals surface area contributed by atoms with Crippen LogP contribution < -0.4 is 0 Å². The van der Waals surface area contributed by atoms with Crippen molar-refractivity contribution in [1.82, 2.24) is 0 Å². The molecule has 0 radical (unpaired) electrons. The number of benzene rings is 4. The highest BCUT2D eigenvalue weighted by Gasteiger charge is 2.56. The van der Waals surface area contributed by atoms with Gasteiger partial charge in [-0.2, -0.15) is 0 Å². The summed E-state index contributed by atoms with van der Waals surface area (Å²) < 4.78 is 0. The lowest BCUT2D eigenvalue weighted by molar-refractivity contribution is 0.381. The molecular weight excluding hydrogens is 460 g/mol. The normalized spacial score (nSPS) is 16.0. The molecule has 1 heteroatoms. The van der Waals surface area contributed by atoms with Gasteiger partial charge in [0.25, 0.3) is 8.07 Å². The monoisotopic (exact) mass is 492 g/mol. The SMILES string of the molecule is CC(C)(C)CC1C(c2ccccc2)=C(c2ccccc2)[Si]1(C#Cc1ccccc1)C#Cc1ccccc1. The van der Waals surface area contributed by atoms with Crippen LogP contribution in [0.15, 0.2) is 121 Å². The summed E-state index contributed by atoms with van der Waals surface area (Å²) in [6.07, 6.45) is 1.05. The van der Waals surface area contributed by atoms with Crippen molar-refractivity contribution in [3.63, 3.8) is 0 Å². The van der Waals surface area contributed by atoms with Gasteiger partial charge in [0.1, 0.15) is 0 Å². The quantitative estimate of drug-likeness (QED) is 0.198. The molecule has 4 aromatic rings. The van der Waals surface area contributed by atoms with Gasteiger partial charge in [-0.1, -0.05) is 130 Å². The van der Waals surface area contributed by atoms with E-state index in [1.807, 2.05) is 12.1 Å². The molecule has 0 saturated carbocycles. The van der Waals surface area contributed by atoms with E-state index in [9.17, 15) is 0 Å². The molecule has 0 spiro atoms. The molecule has 1 unspecified atom stereocenters. The van der Waals surface area contributed by atoms with E-state index in [-0.39, 0.29) is 5.41 Å². The molecule has 37 heavy (non-hydrogen) atoms. The molecule has 0 amide bonds. The number of rotatable bonds is 3. The minimum absolute atomic E-state index is 0.147. The average Bonchev–Trinajstić information content (AvgIpc) is 2.92. The Hall–Kier alpha value is -4.04. The van der Waals surface area contributed by atoms with Gasteiger partial charge in [-0.05, 0) is 58.0 Å². The number of hydrogen-bond donors (Lipinski definition) is 0. The zero-order valence-electron chi connectivity index (χ0n) is 21.8. The van der Waals surface area contributed by atoms with Gasteiger partial charge in [0.05, 0.1) is 0 Å². The van der Waals surface area contributed by atoms with Crippen LogP contribution in [-0.2, 0) is 0 Å². The summed E-state index contributed by atoms with van der Waals surface area (Å²) in [6, 6.07) is 42.4. The molecular formula is C36H32Si. The van der Waals surface area contributed by atoms with E-state index in [0.717, 1.165) is 17.5 Å². The van der Waals surface area contributed by atoms with E-state index in [0.29, 0.717) is 5.54 Å². The molecule has 0 aliphatic carbocycles. The number of hydrogen-bond acceptors (Lipinski definition) is 0. The van der Waals surface area contributed by atoms with Crippen molar-refractivity contribution in [3.8, 4) is 22.9 Å². The Bertz CT molecular complexity index is 1440. The zero-order valence-corrected chi connectivity index (χ0v) is 22.8. The predicted molar refractivity (Wildman–Crippen MR) is 160 cm³/mol. The Kier molecular flexibility index (Phi) is 7.01. The molecule has 0 bridgehead atoms. The fraction of sp³-hybridized carbons (Fsp3) is 0.167. The van der Waals surface area contributed by atoms with E-state index in [1.165, 1.54) is 21.9 Å². The topological polar surface area (TPSA) is 0 Å². The van der Waals surface area contributed by atoms with Gasteiger partial charge < -0.3 is 0 Å². The third kappa shape index (κ3) is 5.39. The Morgan fingerprint density at radius 2 is 0.973 bits per heavy atom. The lowest BCUT2D eigenvalue weighted by atomic mass is 9.85. The van der Waals surface area contributed by atoms with Crippen LogP contribution in [0.5, 0.6) is 0 Å². The average molecular weight is 493 g/mol. The Morgan fingerprint density at radius 1 is 0.568 bits per heavy atom. The molecule has 0 N–H and O–H groups in total. The van der Waals surface area contributed by atoms with Gasteiger partial charge in [0.2, 0.25) is 0 Å². The molecule has 5 rings (SSSR count). The second-order valence-electron chi connectivity index (χ2n) is 10.9. The Morgan fingerprint density at radius 3 is 1.41 bits per heavy atom. The van der Waals surface area contributed by atoms with Gasteiger partial charge in [0, 0.05) is 16.7 Å². The number of allylic oxidation sites excluding steroid dienone is 1. The lowest BCUT2D eigenvalue weighted by Crippen LogP contribution is -2.50. The summed E-state index contributed by atoms with van der Waals surface area (Å²) in [5, 5.41) is 1.38. The first kappa shape index (κ1) is 24.6. The fourth-order valence-corrected chi connectivity index (χ4v) is 9.73. The standard InChI is InChI=1S/C36H32Si/c1-36(2,3)28-33-34(31-20-12-6-13-21-31)35(32-22-14-7-15-23-32)37(33,26-24-29-16-8-4-9-17-29)27-25-30-18-10-5-11-19-30/h4-23,33H,28H2,1-3H3. The summed E-state index contributed by atoms with van der Waals surface area (Å²) in [7, 11) is -2.61. The predicted octanol–water partition coefficient (Wildman–Crippen LogP) is 8.59. The van der Waals surface area contributed by atoms with Crippen molar-refractivity contribution in [2.75, 3.05) is 0 Å². The van der Waals surface area contributed by atoms with Crippen molar-refractivity contribution in [2.24, 2.45) is 5.41 Å². The first-order valence-electron chi connectivity index (χ1n) is 13.0. The van der Waals surface area contributed by atoms with Gasteiger partial charge in [0.15, 0.2) is 0 Å². The smallest absolute Gasteiger partial charge is 0.104 e. The summed E-state index contributed by atoms with van der Waals surface area (Å²) >= 11 is 0. The highest BCUT2D eigenvalue weighted by atomic mass is 28.3. The zero-order chi connectivity index (χ0) is 25.7. The largest absolute Gasteiger partial charge is 0.255 e. The van der Waals surface area contributed by atoms with Gasteiger partial charge in [-0.15, -0.1) is 11.1 Å². The summed E-state index contributed by atoms with van der Waals surface area (Å²) in [4.78, 5) is 0. The van der Waals surface area contributed by atoms with Crippen molar-refractivity contribution in [2.45, 2.75) is 32.7 Å². The Labute approximate surface area is 223 Å². The van der Waals surface area contributed by atoms with E-state index in [2.05, 4.69) is 153 Å². The van der Waals surface area contributed by atoms with Crippen molar-refractivity contribution < 1.29 is 0 Å². The van der Waals surface area contributed by atoms with E-state index < -0.39 is 8.07 Å². The first-order valence-corrected chi connectivity index (χ1v) is 15.1. The maximum absolute atomic E-state index is 3.90. The molecule has 1 atom stereocenters. The molecule has 0 fully saturated rings. The van der Waals surface area contributed by atoms with E-state index in [1.54, 1.807) is 0 Å². The second-order valence-corrected chi connectivity index (χ2v) is 14.2. The maximum atomic E-state index is 3.90. The molecule has 0 aromatic heterocycles. The van der Waals surface area contributed by atoms with Crippen LogP contribution in [-0.4, -0.2) is 8.07 Å². The highest BCUT2D eigenvalue weighted by Crippen LogP contribution is 2.59. The van der Waals surface area contributed by atoms with E-state index >= 15 is 0 Å².